The van der Waals surface area contributed by atoms with Crippen LogP contribution in [-0.2, 0) is 24.1 Å². The number of hydrogen-bond acceptors (Lipinski definition) is 1. The van der Waals surface area contributed by atoms with Crippen molar-refractivity contribution >= 4 is 5.91 Å². The van der Waals surface area contributed by atoms with Crippen LogP contribution >= 0.6 is 0 Å². The smallest absolute Gasteiger partial charge is 0.243 e. The number of nitrogens with one attached hydrogen (secondary N) is 1. The molecule has 1 atom stereocenters. The van der Waals surface area contributed by atoms with Crippen molar-refractivity contribution in [3.8, 4) is 0 Å². The molecule has 0 bridgehead atoms. The lowest BCUT2D eigenvalue weighted by atomic mass is 10.0. The first-order chi connectivity index (χ1) is 8.19. The number of fused-ring (bicyclic) bond motifs is 1. The fourth-order valence-electron chi connectivity index (χ4n) is 2.46. The molecule has 0 spiro atoms. The molecule has 1 aromatic rings. The van der Waals surface area contributed by atoms with Crippen molar-refractivity contribution in [2.75, 3.05) is 0 Å². The molecule has 0 saturated heterocycles. The molecule has 0 fully saturated rings. The summed E-state index contributed by atoms with van der Waals surface area (Å²) in [7, 11) is 0. The second-order valence-corrected chi connectivity index (χ2v) is 4.77. The van der Waals surface area contributed by atoms with Crippen LogP contribution in [0.2, 0.25) is 0 Å². The van der Waals surface area contributed by atoms with E-state index in [9.17, 15) is 4.79 Å². The summed E-state index contributed by atoms with van der Waals surface area (Å²) in [5.41, 5.74) is 4.30. The third-order valence-electron chi connectivity index (χ3n) is 3.28. The van der Waals surface area contributed by atoms with Gasteiger partial charge in [-0.25, -0.2) is 0 Å². The minimum absolute atomic E-state index is 0.0985. The maximum Gasteiger partial charge on any atom is 0.243 e. The van der Waals surface area contributed by atoms with Crippen molar-refractivity contribution in [1.82, 2.24) is 5.32 Å². The maximum atomic E-state index is 11.2. The average molecular weight is 229 g/mol. The van der Waals surface area contributed by atoms with Crippen LogP contribution in [0.5, 0.6) is 0 Å². The lowest BCUT2D eigenvalue weighted by Crippen LogP contribution is -2.32. The standard InChI is InChI=1S/C15H19NO/c1-3-15(17)16-11(2)9-12-7-8-13-5-4-6-14(13)10-12/h3,7-8,10-11H,1,4-6,9H2,2H3,(H,16,17)/t11-/m1/s1. The number of hydrogen-bond donors (Lipinski definition) is 1. The summed E-state index contributed by atoms with van der Waals surface area (Å²) in [4.78, 5) is 11.2. The molecule has 90 valence electrons. The number of amides is 1. The Kier molecular flexibility index (Phi) is 3.62. The first kappa shape index (κ1) is 11.9. The van der Waals surface area contributed by atoms with Crippen LogP contribution in [0.25, 0.3) is 0 Å². The van der Waals surface area contributed by atoms with Crippen LogP contribution in [0.3, 0.4) is 0 Å². The molecule has 1 aliphatic rings. The minimum atomic E-state index is -0.0985. The number of benzene rings is 1. The topological polar surface area (TPSA) is 29.1 Å². The molecule has 1 amide bonds. The van der Waals surface area contributed by atoms with Crippen molar-refractivity contribution in [1.29, 1.82) is 0 Å². The van der Waals surface area contributed by atoms with E-state index < -0.39 is 0 Å². The summed E-state index contributed by atoms with van der Waals surface area (Å²) < 4.78 is 0. The highest BCUT2D eigenvalue weighted by Crippen LogP contribution is 2.23. The molecule has 2 nitrogen and oxygen atoms in total. The summed E-state index contributed by atoms with van der Waals surface area (Å²) in [5.74, 6) is -0.0985. The molecular weight excluding hydrogens is 210 g/mol. The molecule has 1 aliphatic carbocycles. The Morgan fingerprint density at radius 2 is 2.24 bits per heavy atom. The SMILES string of the molecule is C=CC(=O)N[C@H](C)Cc1ccc2c(c1)CCC2. The third kappa shape index (κ3) is 2.96. The predicted octanol–water partition coefficient (Wildman–Crippen LogP) is 2.41. The third-order valence-corrected chi connectivity index (χ3v) is 3.28. The Bertz CT molecular complexity index is 437. The Hall–Kier alpha value is -1.57. The normalized spacial score (nSPS) is 15.1. The van der Waals surface area contributed by atoms with Crippen LogP contribution in [0.15, 0.2) is 30.9 Å². The lowest BCUT2D eigenvalue weighted by molar-refractivity contribution is -0.117. The van der Waals surface area contributed by atoms with E-state index in [2.05, 4.69) is 30.1 Å². The van der Waals surface area contributed by atoms with Gasteiger partial charge in [-0.15, -0.1) is 0 Å². The van der Waals surface area contributed by atoms with Gasteiger partial charge in [-0.1, -0.05) is 24.8 Å². The number of aryl methyl sites for hydroxylation is 2. The molecule has 2 rings (SSSR count). The molecule has 17 heavy (non-hydrogen) atoms. The maximum absolute atomic E-state index is 11.2. The van der Waals surface area contributed by atoms with E-state index in [1.807, 2.05) is 6.92 Å². The Morgan fingerprint density at radius 3 is 3.00 bits per heavy atom. The zero-order valence-corrected chi connectivity index (χ0v) is 10.3. The summed E-state index contributed by atoms with van der Waals surface area (Å²) >= 11 is 0. The van der Waals surface area contributed by atoms with E-state index in [1.54, 1.807) is 0 Å². The molecule has 0 unspecified atom stereocenters. The molecule has 0 aromatic heterocycles. The van der Waals surface area contributed by atoms with Gasteiger partial charge in [0.15, 0.2) is 0 Å². The Labute approximate surface area is 103 Å². The van der Waals surface area contributed by atoms with Crippen LogP contribution in [0.4, 0.5) is 0 Å². The molecule has 0 aliphatic heterocycles. The van der Waals surface area contributed by atoms with Crippen molar-refractivity contribution in [2.24, 2.45) is 0 Å². The van der Waals surface area contributed by atoms with Crippen molar-refractivity contribution < 1.29 is 4.79 Å². The van der Waals surface area contributed by atoms with Gasteiger partial charge in [0.2, 0.25) is 5.91 Å². The predicted molar refractivity (Wildman–Crippen MR) is 70.0 cm³/mol. The first-order valence-corrected chi connectivity index (χ1v) is 6.22. The van der Waals surface area contributed by atoms with Gasteiger partial charge >= 0.3 is 0 Å². The Balaban J connectivity index is 1.99. The lowest BCUT2D eigenvalue weighted by Gasteiger charge is -2.13. The van der Waals surface area contributed by atoms with Crippen LogP contribution < -0.4 is 5.32 Å². The van der Waals surface area contributed by atoms with E-state index >= 15 is 0 Å². The highest BCUT2D eigenvalue weighted by molar-refractivity contribution is 5.87. The quantitative estimate of drug-likeness (QED) is 0.789. The number of carbonyl (C=O) groups is 1. The average Bonchev–Trinajstić information content (AvgIpc) is 2.75. The zero-order chi connectivity index (χ0) is 12.3. The summed E-state index contributed by atoms with van der Waals surface area (Å²) in [6.45, 7) is 5.48. The van der Waals surface area contributed by atoms with E-state index in [4.69, 9.17) is 0 Å². The summed E-state index contributed by atoms with van der Waals surface area (Å²) in [6.07, 6.45) is 5.91. The van der Waals surface area contributed by atoms with E-state index in [-0.39, 0.29) is 11.9 Å². The second kappa shape index (κ2) is 5.17. The minimum Gasteiger partial charge on any atom is -0.350 e. The fourth-order valence-corrected chi connectivity index (χ4v) is 2.46. The van der Waals surface area contributed by atoms with Gasteiger partial charge in [0.25, 0.3) is 0 Å². The van der Waals surface area contributed by atoms with Gasteiger partial charge in [-0.05, 0) is 55.4 Å². The number of carbonyl (C=O) groups excluding carboxylic acids is 1. The van der Waals surface area contributed by atoms with Gasteiger partial charge in [-0.2, -0.15) is 0 Å². The van der Waals surface area contributed by atoms with Crippen molar-refractivity contribution in [3.05, 3.63) is 47.5 Å². The molecule has 0 saturated carbocycles. The van der Waals surface area contributed by atoms with Crippen molar-refractivity contribution in [2.45, 2.75) is 38.6 Å². The van der Waals surface area contributed by atoms with Crippen LogP contribution in [0.1, 0.15) is 30.0 Å². The van der Waals surface area contributed by atoms with Gasteiger partial charge in [-0.3, -0.25) is 4.79 Å². The highest BCUT2D eigenvalue weighted by Gasteiger charge is 2.12. The molecule has 2 heteroatoms. The van der Waals surface area contributed by atoms with Gasteiger partial charge in [0, 0.05) is 6.04 Å². The highest BCUT2D eigenvalue weighted by atomic mass is 16.1. The van der Waals surface area contributed by atoms with Crippen LogP contribution in [0, 0.1) is 0 Å². The van der Waals surface area contributed by atoms with Gasteiger partial charge in [0.1, 0.15) is 0 Å². The fraction of sp³-hybridized carbons (Fsp3) is 0.400. The largest absolute Gasteiger partial charge is 0.350 e. The van der Waals surface area contributed by atoms with Crippen molar-refractivity contribution in [3.63, 3.8) is 0 Å². The molecule has 1 aromatic carbocycles. The monoisotopic (exact) mass is 229 g/mol. The number of rotatable bonds is 4. The van der Waals surface area contributed by atoms with Crippen LogP contribution in [-0.4, -0.2) is 11.9 Å². The Morgan fingerprint density at radius 1 is 1.47 bits per heavy atom. The molecule has 0 radical (unpaired) electrons. The first-order valence-electron chi connectivity index (χ1n) is 6.22. The molecule has 0 heterocycles. The summed E-state index contributed by atoms with van der Waals surface area (Å²) in [5, 5.41) is 2.89. The second-order valence-electron chi connectivity index (χ2n) is 4.77. The van der Waals surface area contributed by atoms with E-state index in [0.29, 0.717) is 0 Å². The van der Waals surface area contributed by atoms with Gasteiger partial charge in [0.05, 0.1) is 0 Å². The van der Waals surface area contributed by atoms with E-state index in [0.717, 1.165) is 6.42 Å². The van der Waals surface area contributed by atoms with E-state index in [1.165, 1.54) is 42.0 Å². The molecule has 1 N–H and O–H groups in total. The molecular formula is C15H19NO. The van der Waals surface area contributed by atoms with Gasteiger partial charge < -0.3 is 5.32 Å². The summed E-state index contributed by atoms with van der Waals surface area (Å²) in [6, 6.07) is 6.86. The zero-order valence-electron chi connectivity index (χ0n) is 10.3.